The summed E-state index contributed by atoms with van der Waals surface area (Å²) < 4.78 is 15.6. The van der Waals surface area contributed by atoms with Crippen molar-refractivity contribution in [3.05, 3.63) is 63.7 Å². The number of non-ortho nitro benzene ring substituents is 1. The Kier molecular flexibility index (Phi) is 11.5. The zero-order valence-electron chi connectivity index (χ0n) is 17.2. The van der Waals surface area contributed by atoms with Crippen LogP contribution in [0, 0.1) is 10.1 Å². The van der Waals surface area contributed by atoms with Crippen LogP contribution in [0.15, 0.2) is 47.5 Å². The SMILES string of the molecule is COCCNC(=NCc1ccc(OC)c(OC)c1)NCc1ccc([N+](=O)[O-])cc1.I. The number of methoxy groups -OCH3 is 3. The fraction of sp³-hybridized carbons (Fsp3) is 0.350. The van der Waals surface area contributed by atoms with Gasteiger partial charge in [-0.05, 0) is 23.3 Å². The lowest BCUT2D eigenvalue weighted by Gasteiger charge is -2.13. The molecule has 164 valence electrons. The van der Waals surface area contributed by atoms with E-state index >= 15 is 0 Å². The molecule has 2 aromatic carbocycles. The molecule has 0 amide bonds. The van der Waals surface area contributed by atoms with Crippen LogP contribution < -0.4 is 20.1 Å². The van der Waals surface area contributed by atoms with E-state index in [0.717, 1.165) is 11.1 Å². The van der Waals surface area contributed by atoms with Gasteiger partial charge >= 0.3 is 0 Å². The van der Waals surface area contributed by atoms with E-state index in [1.54, 1.807) is 33.5 Å². The Morgan fingerprint density at radius 1 is 1.00 bits per heavy atom. The van der Waals surface area contributed by atoms with Crippen LogP contribution in [0.4, 0.5) is 5.69 Å². The minimum atomic E-state index is -0.417. The van der Waals surface area contributed by atoms with E-state index in [1.165, 1.54) is 12.1 Å². The lowest BCUT2D eigenvalue weighted by molar-refractivity contribution is -0.384. The fourth-order valence-corrected chi connectivity index (χ4v) is 2.52. The highest BCUT2D eigenvalue weighted by Crippen LogP contribution is 2.27. The molecule has 0 spiro atoms. The lowest BCUT2D eigenvalue weighted by atomic mass is 10.2. The summed E-state index contributed by atoms with van der Waals surface area (Å²) in [5.41, 5.74) is 1.93. The number of halogens is 1. The molecule has 0 fully saturated rings. The Labute approximate surface area is 193 Å². The molecule has 2 N–H and O–H groups in total. The number of guanidine groups is 1. The molecule has 30 heavy (non-hydrogen) atoms. The number of benzene rings is 2. The maximum atomic E-state index is 10.8. The second kappa shape index (κ2) is 13.6. The van der Waals surface area contributed by atoms with Crippen LogP contribution in [-0.4, -0.2) is 45.4 Å². The molecule has 0 aromatic heterocycles. The number of hydrogen-bond acceptors (Lipinski definition) is 6. The van der Waals surface area contributed by atoms with E-state index in [1.807, 2.05) is 18.2 Å². The summed E-state index contributed by atoms with van der Waals surface area (Å²) in [6, 6.07) is 12.0. The molecule has 0 aliphatic heterocycles. The number of aliphatic imine (C=N–C) groups is 1. The van der Waals surface area contributed by atoms with Crippen molar-refractivity contribution in [2.24, 2.45) is 4.99 Å². The highest BCUT2D eigenvalue weighted by Gasteiger charge is 2.06. The normalized spacial score (nSPS) is 10.7. The number of rotatable bonds is 10. The minimum absolute atomic E-state index is 0. The van der Waals surface area contributed by atoms with Crippen molar-refractivity contribution in [2.45, 2.75) is 13.1 Å². The number of nitrogens with one attached hydrogen (secondary N) is 2. The van der Waals surface area contributed by atoms with Gasteiger partial charge in [-0.25, -0.2) is 4.99 Å². The molecule has 2 rings (SSSR count). The number of ether oxygens (including phenoxy) is 3. The van der Waals surface area contributed by atoms with E-state index < -0.39 is 4.92 Å². The lowest BCUT2D eigenvalue weighted by Crippen LogP contribution is -2.38. The standard InChI is InChI=1S/C20H26N4O5.HI/c1-27-11-10-21-20(22-13-15-4-7-17(8-5-15)24(25)26)23-14-16-6-9-18(28-2)19(12-16)29-3;/h4-9,12H,10-11,13-14H2,1-3H3,(H2,21,22,23);1H. The second-order valence-corrected chi connectivity index (χ2v) is 6.05. The van der Waals surface area contributed by atoms with Crippen molar-refractivity contribution in [3.63, 3.8) is 0 Å². The van der Waals surface area contributed by atoms with E-state index in [4.69, 9.17) is 14.2 Å². The molecule has 0 saturated heterocycles. The van der Waals surface area contributed by atoms with E-state index in [9.17, 15) is 10.1 Å². The third kappa shape index (κ3) is 8.03. The fourth-order valence-electron chi connectivity index (χ4n) is 2.52. The average molecular weight is 530 g/mol. The van der Waals surface area contributed by atoms with Gasteiger partial charge < -0.3 is 24.8 Å². The van der Waals surface area contributed by atoms with Crippen molar-refractivity contribution in [3.8, 4) is 11.5 Å². The summed E-state index contributed by atoms with van der Waals surface area (Å²) in [6.07, 6.45) is 0. The molecule has 0 radical (unpaired) electrons. The quantitative estimate of drug-likeness (QED) is 0.121. The van der Waals surface area contributed by atoms with Gasteiger partial charge in [-0.15, -0.1) is 24.0 Å². The highest BCUT2D eigenvalue weighted by atomic mass is 127. The van der Waals surface area contributed by atoms with Crippen LogP contribution in [0.2, 0.25) is 0 Å². The summed E-state index contributed by atoms with van der Waals surface area (Å²) in [5, 5.41) is 17.2. The first-order valence-electron chi connectivity index (χ1n) is 9.02. The largest absolute Gasteiger partial charge is 0.493 e. The Morgan fingerprint density at radius 2 is 1.67 bits per heavy atom. The topological polar surface area (TPSA) is 107 Å². The summed E-state index contributed by atoms with van der Waals surface area (Å²) >= 11 is 0. The summed E-state index contributed by atoms with van der Waals surface area (Å²) in [7, 11) is 4.82. The van der Waals surface area contributed by atoms with Crippen LogP contribution >= 0.6 is 24.0 Å². The summed E-state index contributed by atoms with van der Waals surface area (Å²) in [5.74, 6) is 1.91. The monoisotopic (exact) mass is 530 g/mol. The molecule has 0 heterocycles. The number of nitro benzene ring substituents is 1. The highest BCUT2D eigenvalue weighted by molar-refractivity contribution is 14.0. The van der Waals surface area contributed by atoms with Crippen molar-refractivity contribution >= 4 is 35.6 Å². The Bertz CT molecular complexity index is 830. The zero-order valence-corrected chi connectivity index (χ0v) is 19.5. The first kappa shape index (κ1) is 25.4. The van der Waals surface area contributed by atoms with Crippen molar-refractivity contribution in [1.82, 2.24) is 10.6 Å². The van der Waals surface area contributed by atoms with Crippen LogP contribution in [0.25, 0.3) is 0 Å². The van der Waals surface area contributed by atoms with Gasteiger partial charge in [0.05, 0.1) is 32.3 Å². The molecular weight excluding hydrogens is 503 g/mol. The van der Waals surface area contributed by atoms with Gasteiger partial charge in [-0.3, -0.25) is 10.1 Å². The molecule has 0 saturated carbocycles. The maximum Gasteiger partial charge on any atom is 0.269 e. The van der Waals surface area contributed by atoms with E-state index in [0.29, 0.717) is 43.7 Å². The first-order valence-corrected chi connectivity index (χ1v) is 9.02. The average Bonchev–Trinajstić information content (AvgIpc) is 2.75. The van der Waals surface area contributed by atoms with Gasteiger partial charge in [-0.1, -0.05) is 18.2 Å². The minimum Gasteiger partial charge on any atom is -0.493 e. The van der Waals surface area contributed by atoms with Crippen molar-refractivity contribution in [2.75, 3.05) is 34.5 Å². The summed E-state index contributed by atoms with van der Waals surface area (Å²) in [4.78, 5) is 14.9. The smallest absolute Gasteiger partial charge is 0.269 e. The van der Waals surface area contributed by atoms with Crippen LogP contribution in [0.1, 0.15) is 11.1 Å². The Balaban J connectivity index is 0.00000450. The van der Waals surface area contributed by atoms with Gasteiger partial charge in [0.2, 0.25) is 0 Å². The molecule has 2 aromatic rings. The van der Waals surface area contributed by atoms with Gasteiger partial charge in [-0.2, -0.15) is 0 Å². The predicted molar refractivity (Wildman–Crippen MR) is 126 cm³/mol. The molecule has 0 bridgehead atoms. The molecule has 10 heteroatoms. The number of hydrogen-bond donors (Lipinski definition) is 2. The van der Waals surface area contributed by atoms with Gasteiger partial charge in [0.15, 0.2) is 17.5 Å². The van der Waals surface area contributed by atoms with Gasteiger partial charge in [0.25, 0.3) is 5.69 Å². The van der Waals surface area contributed by atoms with Crippen LogP contribution in [-0.2, 0) is 17.8 Å². The number of nitrogens with zero attached hydrogens (tertiary/aromatic N) is 2. The predicted octanol–water partition coefficient (Wildman–Crippen LogP) is 3.11. The van der Waals surface area contributed by atoms with E-state index in [-0.39, 0.29) is 29.7 Å². The second-order valence-electron chi connectivity index (χ2n) is 6.05. The molecule has 9 nitrogen and oxygen atoms in total. The third-order valence-electron chi connectivity index (χ3n) is 4.07. The molecule has 0 unspecified atom stereocenters. The Morgan fingerprint density at radius 3 is 2.27 bits per heavy atom. The molecule has 0 aliphatic carbocycles. The Hall–Kier alpha value is -2.60. The third-order valence-corrected chi connectivity index (χ3v) is 4.07. The van der Waals surface area contributed by atoms with Crippen LogP contribution in [0.5, 0.6) is 11.5 Å². The zero-order chi connectivity index (χ0) is 21.1. The number of nitro groups is 1. The molecule has 0 aliphatic rings. The molecule has 0 atom stereocenters. The maximum absolute atomic E-state index is 10.8. The summed E-state index contributed by atoms with van der Waals surface area (Å²) in [6.45, 7) is 2.04. The van der Waals surface area contributed by atoms with Gasteiger partial charge in [0, 0.05) is 32.3 Å². The van der Waals surface area contributed by atoms with Crippen LogP contribution in [0.3, 0.4) is 0 Å². The molecular formula is C20H27IN4O5. The van der Waals surface area contributed by atoms with E-state index in [2.05, 4.69) is 15.6 Å². The van der Waals surface area contributed by atoms with Gasteiger partial charge in [0.1, 0.15) is 0 Å². The van der Waals surface area contributed by atoms with Crippen molar-refractivity contribution < 1.29 is 19.1 Å². The van der Waals surface area contributed by atoms with Crippen molar-refractivity contribution in [1.29, 1.82) is 0 Å². The first-order chi connectivity index (χ1) is 14.1.